The third-order valence-electron chi connectivity index (χ3n) is 8.27. The van der Waals surface area contributed by atoms with E-state index in [0.29, 0.717) is 22.3 Å². The maximum atomic E-state index is 14.5. The Morgan fingerprint density at radius 3 is 2.03 bits per heavy atom. The van der Waals surface area contributed by atoms with Crippen LogP contribution in [0.4, 0.5) is 10.1 Å². The van der Waals surface area contributed by atoms with Gasteiger partial charge in [0, 0.05) is 28.3 Å². The molecule has 184 valence electrons. The van der Waals surface area contributed by atoms with Crippen LogP contribution >= 0.6 is 0 Å². The maximum Gasteiger partial charge on any atom is 0.185 e. The van der Waals surface area contributed by atoms with E-state index in [1.54, 1.807) is 60.7 Å². The Labute approximate surface area is 219 Å². The van der Waals surface area contributed by atoms with E-state index < -0.39 is 29.2 Å². The minimum Gasteiger partial charge on any atom is -0.352 e. The molecule has 4 aromatic carbocycles. The van der Waals surface area contributed by atoms with Crippen LogP contribution in [-0.4, -0.2) is 29.4 Å². The molecule has 1 fully saturated rings. The molecule has 1 spiro atoms. The standard InChI is InChI=1S/C33H22FNO3/c34-23-17-14-21(15-18-23)28-29(30(36)22-9-2-1-3-10-22)35-26-13-7-4-8-20(26)16-19-27(35)33(28)31(37)24-11-5-6-12-25(24)32(33)38/h1-19,27-29H/t27-,28+,29-/m1/s1. The quantitative estimate of drug-likeness (QED) is 0.251. The van der Waals surface area contributed by atoms with Gasteiger partial charge in [0.15, 0.2) is 17.3 Å². The Bertz CT molecular complexity index is 1620. The van der Waals surface area contributed by atoms with Gasteiger partial charge in [-0.2, -0.15) is 0 Å². The number of nitrogens with zero attached hydrogens (tertiary/aromatic N) is 1. The Morgan fingerprint density at radius 1 is 0.737 bits per heavy atom. The van der Waals surface area contributed by atoms with Crippen molar-refractivity contribution >= 4 is 29.1 Å². The highest BCUT2D eigenvalue weighted by atomic mass is 19.1. The first-order chi connectivity index (χ1) is 18.5. The number of Topliss-reactive ketones (excluding diaryl/α,β-unsaturated/α-hetero) is 3. The monoisotopic (exact) mass is 499 g/mol. The van der Waals surface area contributed by atoms with Crippen molar-refractivity contribution in [3.63, 3.8) is 0 Å². The molecule has 3 aliphatic rings. The van der Waals surface area contributed by atoms with E-state index in [4.69, 9.17) is 0 Å². The minimum atomic E-state index is -1.58. The van der Waals surface area contributed by atoms with Crippen LogP contribution in [0.15, 0.2) is 109 Å². The first-order valence-corrected chi connectivity index (χ1v) is 12.6. The molecule has 2 aliphatic heterocycles. The van der Waals surface area contributed by atoms with E-state index in [2.05, 4.69) is 0 Å². The summed E-state index contributed by atoms with van der Waals surface area (Å²) in [5.74, 6) is -2.06. The lowest BCUT2D eigenvalue weighted by atomic mass is 9.64. The summed E-state index contributed by atoms with van der Waals surface area (Å²) in [5.41, 5.74) is 1.91. The van der Waals surface area contributed by atoms with Crippen molar-refractivity contribution in [2.45, 2.75) is 18.0 Å². The summed E-state index contributed by atoms with van der Waals surface area (Å²) in [5, 5.41) is 0. The fourth-order valence-electron chi connectivity index (χ4n) is 6.73. The molecule has 4 nitrogen and oxygen atoms in total. The number of halogens is 1. The highest BCUT2D eigenvalue weighted by Crippen LogP contribution is 2.60. The van der Waals surface area contributed by atoms with E-state index >= 15 is 0 Å². The molecule has 7 rings (SSSR count). The zero-order valence-corrected chi connectivity index (χ0v) is 20.3. The average molecular weight is 500 g/mol. The van der Waals surface area contributed by atoms with E-state index in [1.807, 2.05) is 47.4 Å². The van der Waals surface area contributed by atoms with Crippen LogP contribution in [0.3, 0.4) is 0 Å². The summed E-state index contributed by atoms with van der Waals surface area (Å²) in [6.07, 6.45) is 3.82. The van der Waals surface area contributed by atoms with Crippen LogP contribution in [0.1, 0.15) is 48.1 Å². The van der Waals surface area contributed by atoms with Crippen molar-refractivity contribution in [3.05, 3.63) is 143 Å². The van der Waals surface area contributed by atoms with E-state index in [0.717, 1.165) is 11.3 Å². The van der Waals surface area contributed by atoms with E-state index in [1.165, 1.54) is 12.1 Å². The number of hydrogen-bond donors (Lipinski definition) is 0. The van der Waals surface area contributed by atoms with Crippen molar-refractivity contribution in [3.8, 4) is 0 Å². The molecule has 1 saturated heterocycles. The van der Waals surface area contributed by atoms with E-state index in [-0.39, 0.29) is 17.3 Å². The van der Waals surface area contributed by atoms with Crippen molar-refractivity contribution in [2.24, 2.45) is 5.41 Å². The van der Waals surface area contributed by atoms with Crippen LogP contribution in [0.25, 0.3) is 6.08 Å². The van der Waals surface area contributed by atoms with Gasteiger partial charge in [-0.05, 0) is 29.3 Å². The molecule has 0 N–H and O–H groups in total. The molecule has 0 unspecified atom stereocenters. The third-order valence-corrected chi connectivity index (χ3v) is 8.27. The molecule has 0 saturated carbocycles. The maximum absolute atomic E-state index is 14.5. The zero-order chi connectivity index (χ0) is 26.0. The van der Waals surface area contributed by atoms with Crippen LogP contribution < -0.4 is 4.90 Å². The van der Waals surface area contributed by atoms with Crippen LogP contribution in [0.5, 0.6) is 0 Å². The Morgan fingerprint density at radius 2 is 1.34 bits per heavy atom. The summed E-state index contributed by atoms with van der Waals surface area (Å²) in [4.78, 5) is 45.4. The fourth-order valence-corrected chi connectivity index (χ4v) is 6.73. The average Bonchev–Trinajstić information content (AvgIpc) is 3.40. The number of benzene rings is 4. The molecule has 0 radical (unpaired) electrons. The molecule has 0 amide bonds. The summed E-state index contributed by atoms with van der Waals surface area (Å²) in [6, 6.07) is 27.8. The Balaban J connectivity index is 1.55. The number of rotatable bonds is 3. The highest BCUT2D eigenvalue weighted by Gasteiger charge is 2.71. The fraction of sp³-hybridized carbons (Fsp3) is 0.121. The van der Waals surface area contributed by atoms with Gasteiger partial charge < -0.3 is 4.90 Å². The molecule has 38 heavy (non-hydrogen) atoms. The smallest absolute Gasteiger partial charge is 0.185 e. The molecule has 0 bridgehead atoms. The van der Waals surface area contributed by atoms with Gasteiger partial charge >= 0.3 is 0 Å². The van der Waals surface area contributed by atoms with Crippen LogP contribution in [-0.2, 0) is 0 Å². The van der Waals surface area contributed by atoms with Crippen LogP contribution in [0, 0.1) is 11.2 Å². The molecular weight excluding hydrogens is 477 g/mol. The predicted molar refractivity (Wildman–Crippen MR) is 143 cm³/mol. The summed E-state index contributed by atoms with van der Waals surface area (Å²) in [7, 11) is 0. The topological polar surface area (TPSA) is 54.5 Å². The van der Waals surface area contributed by atoms with Crippen molar-refractivity contribution < 1.29 is 18.8 Å². The summed E-state index contributed by atoms with van der Waals surface area (Å²) >= 11 is 0. The lowest BCUT2D eigenvalue weighted by Gasteiger charge is -2.37. The number of carbonyl (C=O) groups excluding carboxylic acids is 3. The molecular formula is C33H22FNO3. The van der Waals surface area contributed by atoms with Gasteiger partial charge in [0.2, 0.25) is 0 Å². The van der Waals surface area contributed by atoms with Gasteiger partial charge in [-0.25, -0.2) is 4.39 Å². The molecule has 3 atom stereocenters. The number of anilines is 1. The molecule has 2 heterocycles. The predicted octanol–water partition coefficient (Wildman–Crippen LogP) is 6.14. The minimum absolute atomic E-state index is 0.191. The normalized spacial score (nSPS) is 22.3. The number of fused-ring (bicyclic) bond motifs is 5. The number of carbonyl (C=O) groups is 3. The zero-order valence-electron chi connectivity index (χ0n) is 20.3. The summed E-state index contributed by atoms with van der Waals surface area (Å²) < 4.78 is 14.1. The van der Waals surface area contributed by atoms with Gasteiger partial charge in [0.1, 0.15) is 17.3 Å². The van der Waals surface area contributed by atoms with Crippen molar-refractivity contribution in [1.82, 2.24) is 0 Å². The number of hydrogen-bond acceptors (Lipinski definition) is 4. The Kier molecular flexibility index (Phi) is 4.86. The van der Waals surface area contributed by atoms with Gasteiger partial charge in [0.05, 0.1) is 6.04 Å². The SMILES string of the molecule is O=C(c1ccccc1)[C@H]1[C@H](c2ccc(F)cc2)C2(C(=O)c3ccccc3C2=O)[C@H]2C=Cc3ccccc3N12. The number of ketones is 3. The van der Waals surface area contributed by atoms with Gasteiger partial charge in [-0.3, -0.25) is 14.4 Å². The lowest BCUT2D eigenvalue weighted by molar-refractivity contribution is 0.0666. The van der Waals surface area contributed by atoms with Gasteiger partial charge in [0.25, 0.3) is 0 Å². The first kappa shape index (κ1) is 22.5. The van der Waals surface area contributed by atoms with Crippen molar-refractivity contribution in [2.75, 3.05) is 4.90 Å². The second kappa shape index (κ2) is 8.18. The highest BCUT2D eigenvalue weighted by molar-refractivity contribution is 6.32. The largest absolute Gasteiger partial charge is 0.352 e. The summed E-state index contributed by atoms with van der Waals surface area (Å²) in [6.45, 7) is 0. The number of para-hydroxylation sites is 1. The second-order valence-corrected chi connectivity index (χ2v) is 10.0. The Hall–Kier alpha value is -4.64. The van der Waals surface area contributed by atoms with E-state index in [9.17, 15) is 18.8 Å². The second-order valence-electron chi connectivity index (χ2n) is 10.0. The first-order valence-electron chi connectivity index (χ1n) is 12.6. The lowest BCUT2D eigenvalue weighted by Crippen LogP contribution is -2.48. The van der Waals surface area contributed by atoms with Gasteiger partial charge in [-0.15, -0.1) is 0 Å². The molecule has 1 aliphatic carbocycles. The molecule has 0 aromatic heterocycles. The third kappa shape index (κ3) is 2.87. The van der Waals surface area contributed by atoms with Crippen molar-refractivity contribution in [1.29, 1.82) is 0 Å². The van der Waals surface area contributed by atoms with Gasteiger partial charge in [-0.1, -0.05) is 97.1 Å². The molecule has 4 aromatic rings. The van der Waals surface area contributed by atoms with Crippen LogP contribution in [0.2, 0.25) is 0 Å². The molecule has 5 heteroatoms.